The smallest absolute Gasteiger partial charge is 0.340 e. The molecule has 0 amide bonds. The third-order valence-electron chi connectivity index (χ3n) is 4.43. The first-order valence-corrected chi connectivity index (χ1v) is 9.44. The van der Waals surface area contributed by atoms with Gasteiger partial charge in [0.2, 0.25) is 0 Å². The molecule has 3 aromatic rings. The number of H-pyrrole nitrogens is 1. The van der Waals surface area contributed by atoms with E-state index in [9.17, 15) is 4.79 Å². The fraction of sp³-hybridized carbons (Fsp3) is 0.208. The van der Waals surface area contributed by atoms with Gasteiger partial charge in [-0.05, 0) is 37.3 Å². The second kappa shape index (κ2) is 9.58. The van der Waals surface area contributed by atoms with Crippen molar-refractivity contribution in [3.05, 3.63) is 89.8 Å². The number of unbranched alkanes of at least 4 members (excludes halogenated alkanes) is 1. The van der Waals surface area contributed by atoms with Gasteiger partial charge in [0.25, 0.3) is 0 Å². The molecule has 0 saturated heterocycles. The van der Waals surface area contributed by atoms with Gasteiger partial charge in [-0.3, -0.25) is 0 Å². The van der Waals surface area contributed by atoms with Crippen LogP contribution in [0.4, 0.5) is 0 Å². The number of esters is 1. The lowest BCUT2D eigenvalue weighted by Crippen LogP contribution is -2.08. The molecular formula is C24H25NO2. The number of carbonyl (C=O) groups is 1. The van der Waals surface area contributed by atoms with Gasteiger partial charge in [-0.25, -0.2) is 4.79 Å². The summed E-state index contributed by atoms with van der Waals surface area (Å²) in [7, 11) is 0. The molecule has 27 heavy (non-hydrogen) atoms. The molecule has 0 aliphatic heterocycles. The van der Waals surface area contributed by atoms with Crippen molar-refractivity contribution in [2.24, 2.45) is 0 Å². The predicted molar refractivity (Wildman–Crippen MR) is 111 cm³/mol. The van der Waals surface area contributed by atoms with Gasteiger partial charge in [-0.1, -0.05) is 72.8 Å². The van der Waals surface area contributed by atoms with Gasteiger partial charge in [0, 0.05) is 17.5 Å². The Bertz CT molecular complexity index is 879. The number of hydrogen-bond donors (Lipinski definition) is 1. The van der Waals surface area contributed by atoms with Crippen LogP contribution in [0, 0.1) is 0 Å². The van der Waals surface area contributed by atoms with E-state index in [1.54, 1.807) is 0 Å². The Morgan fingerprint density at radius 3 is 2.44 bits per heavy atom. The van der Waals surface area contributed by atoms with Crippen molar-refractivity contribution in [1.82, 2.24) is 4.98 Å². The number of ether oxygens (including phenoxy) is 1. The molecule has 0 aliphatic rings. The highest BCUT2D eigenvalue weighted by Crippen LogP contribution is 2.28. The van der Waals surface area contributed by atoms with Crippen LogP contribution in [0.15, 0.2) is 72.9 Å². The molecule has 0 fully saturated rings. The zero-order chi connectivity index (χ0) is 18.9. The summed E-state index contributed by atoms with van der Waals surface area (Å²) in [4.78, 5) is 15.8. The maximum Gasteiger partial charge on any atom is 0.340 e. The highest BCUT2D eigenvalue weighted by Gasteiger charge is 2.20. The monoisotopic (exact) mass is 359 g/mol. The molecule has 1 N–H and O–H groups in total. The molecule has 3 nitrogen and oxygen atoms in total. The van der Waals surface area contributed by atoms with Crippen molar-refractivity contribution in [2.75, 3.05) is 6.61 Å². The fourth-order valence-corrected chi connectivity index (χ4v) is 3.13. The molecule has 0 radical (unpaired) electrons. The molecule has 0 atom stereocenters. The first kappa shape index (κ1) is 18.7. The topological polar surface area (TPSA) is 42.1 Å². The quantitative estimate of drug-likeness (QED) is 0.402. The lowest BCUT2D eigenvalue weighted by molar-refractivity contribution is 0.0526. The second-order valence-corrected chi connectivity index (χ2v) is 6.35. The van der Waals surface area contributed by atoms with E-state index in [1.165, 1.54) is 5.56 Å². The number of benzene rings is 2. The van der Waals surface area contributed by atoms with Crippen LogP contribution >= 0.6 is 0 Å². The van der Waals surface area contributed by atoms with E-state index in [4.69, 9.17) is 4.74 Å². The first-order chi connectivity index (χ1) is 13.3. The molecule has 3 heteroatoms. The van der Waals surface area contributed by atoms with Crippen molar-refractivity contribution >= 4 is 12.0 Å². The van der Waals surface area contributed by atoms with Gasteiger partial charge < -0.3 is 9.72 Å². The van der Waals surface area contributed by atoms with E-state index in [0.29, 0.717) is 12.2 Å². The third kappa shape index (κ3) is 4.98. The Morgan fingerprint density at radius 1 is 1.04 bits per heavy atom. The Kier molecular flexibility index (Phi) is 6.64. The zero-order valence-electron chi connectivity index (χ0n) is 15.7. The number of allylic oxidation sites excluding steroid dienone is 1. The van der Waals surface area contributed by atoms with E-state index in [2.05, 4.69) is 29.3 Å². The molecule has 0 bridgehead atoms. The average molecular weight is 359 g/mol. The normalized spacial score (nSPS) is 11.0. The molecule has 138 valence electrons. The fourth-order valence-electron chi connectivity index (χ4n) is 3.13. The van der Waals surface area contributed by atoms with Crippen molar-refractivity contribution < 1.29 is 9.53 Å². The number of aromatic amines is 1. The summed E-state index contributed by atoms with van der Waals surface area (Å²) in [6.45, 7) is 2.21. The summed E-state index contributed by atoms with van der Waals surface area (Å²) >= 11 is 0. The number of hydrogen-bond acceptors (Lipinski definition) is 2. The highest BCUT2D eigenvalue weighted by molar-refractivity contribution is 5.98. The van der Waals surface area contributed by atoms with Crippen molar-refractivity contribution in [1.29, 1.82) is 0 Å². The maximum atomic E-state index is 12.5. The van der Waals surface area contributed by atoms with Crippen LogP contribution in [0.25, 0.3) is 17.2 Å². The highest BCUT2D eigenvalue weighted by atomic mass is 16.5. The van der Waals surface area contributed by atoms with E-state index in [1.807, 2.05) is 61.7 Å². The van der Waals surface area contributed by atoms with Crippen molar-refractivity contribution in [3.8, 4) is 11.1 Å². The lowest BCUT2D eigenvalue weighted by atomic mass is 10.0. The number of aromatic nitrogens is 1. The summed E-state index contributed by atoms with van der Waals surface area (Å²) in [5.74, 6) is -0.257. The number of nitrogens with one attached hydrogen (secondary N) is 1. The van der Waals surface area contributed by atoms with Crippen LogP contribution in [0.5, 0.6) is 0 Å². The van der Waals surface area contributed by atoms with Crippen LogP contribution in [0.1, 0.15) is 41.4 Å². The van der Waals surface area contributed by atoms with E-state index >= 15 is 0 Å². The van der Waals surface area contributed by atoms with Gasteiger partial charge in [0.05, 0.1) is 12.2 Å². The van der Waals surface area contributed by atoms with Gasteiger partial charge in [0.1, 0.15) is 0 Å². The molecule has 3 rings (SSSR count). The van der Waals surface area contributed by atoms with Gasteiger partial charge >= 0.3 is 5.97 Å². The lowest BCUT2D eigenvalue weighted by Gasteiger charge is -2.07. The van der Waals surface area contributed by atoms with Crippen molar-refractivity contribution in [2.45, 2.75) is 26.2 Å². The van der Waals surface area contributed by atoms with Gasteiger partial charge in [-0.2, -0.15) is 0 Å². The summed E-state index contributed by atoms with van der Waals surface area (Å²) in [5.41, 5.74) is 4.74. The van der Waals surface area contributed by atoms with E-state index in [-0.39, 0.29) is 5.97 Å². The Labute approximate surface area is 160 Å². The first-order valence-electron chi connectivity index (χ1n) is 9.44. The number of aryl methyl sites for hydroxylation is 1. The molecular weight excluding hydrogens is 334 g/mol. The standard InChI is InChI=1S/C24H25NO2/c1-2-27-24(26)23-21(20-15-9-5-10-16-20)18-25-22(23)17-11-4-8-14-19-12-6-3-7-13-19/h3,5-10,12-16,18,25H,2,4,11,17H2,1H3/b14-8+. The molecule has 0 saturated carbocycles. The van der Waals surface area contributed by atoms with Crippen LogP contribution in [0.3, 0.4) is 0 Å². The minimum Gasteiger partial charge on any atom is -0.462 e. The molecule has 0 spiro atoms. The Hall–Kier alpha value is -3.07. The number of carbonyl (C=O) groups excluding carboxylic acids is 1. The summed E-state index contributed by atoms with van der Waals surface area (Å²) < 4.78 is 5.30. The van der Waals surface area contributed by atoms with Crippen LogP contribution < -0.4 is 0 Å². The SMILES string of the molecule is CCOC(=O)c1c(-c2ccccc2)c[nH]c1CCC/C=C/c1ccccc1. The zero-order valence-corrected chi connectivity index (χ0v) is 15.7. The molecule has 0 aliphatic carbocycles. The molecule has 2 aromatic carbocycles. The average Bonchev–Trinajstić information content (AvgIpc) is 3.13. The van der Waals surface area contributed by atoms with Gasteiger partial charge in [0.15, 0.2) is 0 Å². The van der Waals surface area contributed by atoms with E-state index < -0.39 is 0 Å². The minimum atomic E-state index is -0.257. The molecule has 0 unspecified atom stereocenters. The van der Waals surface area contributed by atoms with Crippen molar-refractivity contribution in [3.63, 3.8) is 0 Å². The minimum absolute atomic E-state index is 0.257. The largest absolute Gasteiger partial charge is 0.462 e. The summed E-state index contributed by atoms with van der Waals surface area (Å²) in [6, 6.07) is 20.2. The Balaban J connectivity index is 1.70. The summed E-state index contributed by atoms with van der Waals surface area (Å²) in [6.07, 6.45) is 8.95. The Morgan fingerprint density at radius 2 is 1.74 bits per heavy atom. The summed E-state index contributed by atoms with van der Waals surface area (Å²) in [5, 5.41) is 0. The predicted octanol–water partition coefficient (Wildman–Crippen LogP) is 5.89. The number of rotatable bonds is 8. The molecule has 1 aromatic heterocycles. The van der Waals surface area contributed by atoms with Crippen LogP contribution in [-0.2, 0) is 11.2 Å². The van der Waals surface area contributed by atoms with Crippen LogP contribution in [-0.4, -0.2) is 17.6 Å². The second-order valence-electron chi connectivity index (χ2n) is 6.35. The molecule has 1 heterocycles. The maximum absolute atomic E-state index is 12.5. The third-order valence-corrected chi connectivity index (χ3v) is 4.43. The van der Waals surface area contributed by atoms with Gasteiger partial charge in [-0.15, -0.1) is 0 Å². The van der Waals surface area contributed by atoms with Crippen LogP contribution in [0.2, 0.25) is 0 Å². The van der Waals surface area contributed by atoms with E-state index in [0.717, 1.165) is 36.1 Å².